The van der Waals surface area contributed by atoms with Gasteiger partial charge in [0.1, 0.15) is 5.78 Å². The highest BCUT2D eigenvalue weighted by Gasteiger charge is 2.23. The molecule has 1 aliphatic heterocycles. The van der Waals surface area contributed by atoms with Crippen LogP contribution in [-0.4, -0.2) is 18.9 Å². The average molecular weight is 181 g/mol. The van der Waals surface area contributed by atoms with Crippen LogP contribution in [0.5, 0.6) is 0 Å². The van der Waals surface area contributed by atoms with Gasteiger partial charge in [0.25, 0.3) is 0 Å². The quantitative estimate of drug-likeness (QED) is 0.700. The van der Waals surface area contributed by atoms with Gasteiger partial charge in [-0.15, -0.1) is 0 Å². The second-order valence-electron chi connectivity index (χ2n) is 4.58. The fraction of sp³-hybridized carbons (Fsp3) is 0.909. The van der Waals surface area contributed by atoms with Crippen molar-refractivity contribution in [2.45, 2.75) is 38.5 Å². The van der Waals surface area contributed by atoms with E-state index in [1.54, 1.807) is 0 Å². The maximum absolute atomic E-state index is 11.5. The Morgan fingerprint density at radius 1 is 1.23 bits per heavy atom. The van der Waals surface area contributed by atoms with Gasteiger partial charge in [-0.3, -0.25) is 4.79 Å². The van der Waals surface area contributed by atoms with Gasteiger partial charge in [-0.1, -0.05) is 12.8 Å². The van der Waals surface area contributed by atoms with E-state index >= 15 is 0 Å². The van der Waals surface area contributed by atoms with Crippen LogP contribution in [-0.2, 0) is 4.79 Å². The molecule has 1 N–H and O–H groups in total. The Kier molecular flexibility index (Phi) is 2.99. The zero-order valence-corrected chi connectivity index (χ0v) is 8.22. The van der Waals surface area contributed by atoms with Crippen molar-refractivity contribution in [3.05, 3.63) is 0 Å². The highest BCUT2D eigenvalue weighted by molar-refractivity contribution is 5.78. The normalized spacial score (nSPS) is 27.8. The molecule has 0 aromatic heterocycles. The average Bonchev–Trinajstić information content (AvgIpc) is 2.82. The molecule has 1 atom stereocenters. The van der Waals surface area contributed by atoms with Crippen LogP contribution < -0.4 is 5.32 Å². The van der Waals surface area contributed by atoms with Crippen molar-refractivity contribution in [3.63, 3.8) is 0 Å². The lowest BCUT2D eigenvalue weighted by Gasteiger charge is -2.06. The molecule has 2 heteroatoms. The number of hydrogen-bond donors (Lipinski definition) is 1. The highest BCUT2D eigenvalue weighted by Crippen LogP contribution is 2.33. The van der Waals surface area contributed by atoms with Crippen LogP contribution in [0.1, 0.15) is 38.5 Å². The molecule has 0 aromatic carbocycles. The third-order valence-electron chi connectivity index (χ3n) is 3.21. The van der Waals surface area contributed by atoms with Crippen molar-refractivity contribution in [1.29, 1.82) is 0 Å². The van der Waals surface area contributed by atoms with E-state index in [-0.39, 0.29) is 0 Å². The summed E-state index contributed by atoms with van der Waals surface area (Å²) >= 11 is 0. The van der Waals surface area contributed by atoms with Crippen molar-refractivity contribution in [3.8, 4) is 0 Å². The van der Waals surface area contributed by atoms with Crippen molar-refractivity contribution < 1.29 is 4.79 Å². The van der Waals surface area contributed by atoms with E-state index in [0.717, 1.165) is 31.8 Å². The van der Waals surface area contributed by atoms with Crippen molar-refractivity contribution >= 4 is 5.78 Å². The molecule has 0 amide bonds. The molecular formula is C11H19NO. The van der Waals surface area contributed by atoms with Crippen molar-refractivity contribution in [2.24, 2.45) is 11.8 Å². The van der Waals surface area contributed by atoms with E-state index in [4.69, 9.17) is 0 Å². The number of rotatable bonds is 5. The summed E-state index contributed by atoms with van der Waals surface area (Å²) < 4.78 is 0. The predicted molar refractivity (Wildman–Crippen MR) is 52.6 cm³/mol. The minimum absolute atomic E-state index is 0.501. The first-order valence-electron chi connectivity index (χ1n) is 5.57. The van der Waals surface area contributed by atoms with Gasteiger partial charge in [-0.05, 0) is 37.8 Å². The zero-order valence-electron chi connectivity index (χ0n) is 8.22. The topological polar surface area (TPSA) is 29.1 Å². The minimum Gasteiger partial charge on any atom is -0.316 e. The summed E-state index contributed by atoms with van der Waals surface area (Å²) in [6.07, 6.45) is 6.80. The molecular weight excluding hydrogens is 162 g/mol. The third kappa shape index (κ3) is 3.11. The number of nitrogens with one attached hydrogen (secondary N) is 1. The second-order valence-corrected chi connectivity index (χ2v) is 4.58. The molecule has 2 aliphatic rings. The maximum atomic E-state index is 11.5. The third-order valence-corrected chi connectivity index (χ3v) is 3.21. The number of Topliss-reactive ketones (excluding diaryl/α,β-unsaturated/α-hetero) is 1. The molecule has 1 heterocycles. The van der Waals surface area contributed by atoms with E-state index in [1.807, 2.05) is 0 Å². The van der Waals surface area contributed by atoms with Crippen LogP contribution in [0, 0.1) is 11.8 Å². The molecule has 0 radical (unpaired) electrons. The maximum Gasteiger partial charge on any atom is 0.133 e. The fourth-order valence-electron chi connectivity index (χ4n) is 2.08. The summed E-state index contributed by atoms with van der Waals surface area (Å²) in [5.41, 5.74) is 0. The lowest BCUT2D eigenvalue weighted by Crippen LogP contribution is -2.12. The van der Waals surface area contributed by atoms with Gasteiger partial charge in [0.15, 0.2) is 0 Å². The van der Waals surface area contributed by atoms with Crippen LogP contribution >= 0.6 is 0 Å². The Balaban J connectivity index is 1.59. The molecule has 2 fully saturated rings. The number of ketones is 1. The first-order valence-corrected chi connectivity index (χ1v) is 5.57. The smallest absolute Gasteiger partial charge is 0.133 e. The predicted octanol–water partition coefficient (Wildman–Crippen LogP) is 1.75. The van der Waals surface area contributed by atoms with Crippen LogP contribution in [0.15, 0.2) is 0 Å². The molecule has 13 heavy (non-hydrogen) atoms. The molecule has 1 saturated carbocycles. The second kappa shape index (κ2) is 4.23. The van der Waals surface area contributed by atoms with Gasteiger partial charge in [-0.2, -0.15) is 0 Å². The van der Waals surface area contributed by atoms with E-state index < -0.39 is 0 Å². The number of hydrogen-bond acceptors (Lipinski definition) is 2. The lowest BCUT2D eigenvalue weighted by atomic mass is 9.99. The molecule has 74 valence electrons. The summed E-state index contributed by atoms with van der Waals surface area (Å²) in [5.74, 6) is 2.05. The van der Waals surface area contributed by atoms with Crippen LogP contribution in [0.4, 0.5) is 0 Å². The molecule has 2 nitrogen and oxygen atoms in total. The minimum atomic E-state index is 0.501. The molecule has 1 aliphatic carbocycles. The standard InChI is InChI=1S/C11H19NO/c13-11(4-3-9-1-2-9)7-10-5-6-12-8-10/h9-10,12H,1-8H2. The first kappa shape index (κ1) is 9.20. The highest BCUT2D eigenvalue weighted by atomic mass is 16.1. The summed E-state index contributed by atoms with van der Waals surface area (Å²) in [6, 6.07) is 0. The first-order chi connectivity index (χ1) is 6.34. The summed E-state index contributed by atoms with van der Waals surface area (Å²) in [4.78, 5) is 11.5. The molecule has 0 spiro atoms. The van der Waals surface area contributed by atoms with E-state index in [9.17, 15) is 4.79 Å². The Morgan fingerprint density at radius 2 is 2.08 bits per heavy atom. The van der Waals surface area contributed by atoms with E-state index in [0.29, 0.717) is 11.7 Å². The van der Waals surface area contributed by atoms with Crippen LogP contribution in [0.3, 0.4) is 0 Å². The lowest BCUT2D eigenvalue weighted by molar-refractivity contribution is -0.120. The Hall–Kier alpha value is -0.370. The summed E-state index contributed by atoms with van der Waals surface area (Å²) in [7, 11) is 0. The van der Waals surface area contributed by atoms with Gasteiger partial charge >= 0.3 is 0 Å². The summed E-state index contributed by atoms with van der Waals surface area (Å²) in [5, 5.41) is 3.30. The van der Waals surface area contributed by atoms with Crippen molar-refractivity contribution in [1.82, 2.24) is 5.32 Å². The van der Waals surface area contributed by atoms with Gasteiger partial charge in [-0.25, -0.2) is 0 Å². The molecule has 1 unspecified atom stereocenters. The molecule has 0 bridgehead atoms. The largest absolute Gasteiger partial charge is 0.316 e. The number of carbonyl (C=O) groups is 1. The SMILES string of the molecule is O=C(CCC1CC1)CC1CCNC1. The molecule has 1 saturated heterocycles. The van der Waals surface area contributed by atoms with Gasteiger partial charge < -0.3 is 5.32 Å². The summed E-state index contributed by atoms with van der Waals surface area (Å²) in [6.45, 7) is 2.18. The fourth-order valence-corrected chi connectivity index (χ4v) is 2.08. The monoisotopic (exact) mass is 181 g/mol. The van der Waals surface area contributed by atoms with E-state index in [1.165, 1.54) is 25.7 Å². The van der Waals surface area contributed by atoms with Crippen LogP contribution in [0.25, 0.3) is 0 Å². The number of carbonyl (C=O) groups excluding carboxylic acids is 1. The van der Waals surface area contributed by atoms with Gasteiger partial charge in [0.2, 0.25) is 0 Å². The zero-order chi connectivity index (χ0) is 9.10. The van der Waals surface area contributed by atoms with Crippen molar-refractivity contribution in [2.75, 3.05) is 13.1 Å². The van der Waals surface area contributed by atoms with E-state index in [2.05, 4.69) is 5.32 Å². The van der Waals surface area contributed by atoms with Gasteiger partial charge in [0.05, 0.1) is 0 Å². The van der Waals surface area contributed by atoms with Crippen LogP contribution in [0.2, 0.25) is 0 Å². The molecule has 0 aromatic rings. The Morgan fingerprint density at radius 3 is 2.69 bits per heavy atom. The Bertz CT molecular complexity index is 181. The molecule has 2 rings (SSSR count). The Labute approximate surface area is 80.1 Å². The van der Waals surface area contributed by atoms with Gasteiger partial charge in [0, 0.05) is 12.8 Å².